The van der Waals surface area contributed by atoms with Gasteiger partial charge in [-0.05, 0) is 48.7 Å². The van der Waals surface area contributed by atoms with E-state index >= 15 is 0 Å². The zero-order chi connectivity index (χ0) is 19.7. The summed E-state index contributed by atoms with van der Waals surface area (Å²) in [6.07, 6.45) is 1.50. The Hall–Kier alpha value is -2.93. The molecule has 0 spiro atoms. The highest BCUT2D eigenvalue weighted by Crippen LogP contribution is 2.49. The number of benzene rings is 2. The Labute approximate surface area is 166 Å². The van der Waals surface area contributed by atoms with Gasteiger partial charge in [-0.2, -0.15) is 0 Å². The van der Waals surface area contributed by atoms with Crippen LogP contribution in [-0.4, -0.2) is 25.1 Å². The van der Waals surface area contributed by atoms with Crippen LogP contribution >= 0.6 is 11.3 Å². The second-order valence-corrected chi connectivity index (χ2v) is 7.51. The van der Waals surface area contributed by atoms with Gasteiger partial charge in [-0.1, -0.05) is 12.1 Å². The molecule has 0 saturated heterocycles. The highest BCUT2D eigenvalue weighted by Gasteiger charge is 2.51. The summed E-state index contributed by atoms with van der Waals surface area (Å²) in [5, 5.41) is 5.33. The summed E-state index contributed by atoms with van der Waals surface area (Å²) in [5.74, 6) is 0.851. The van der Waals surface area contributed by atoms with Gasteiger partial charge in [0.25, 0.3) is 0 Å². The van der Waals surface area contributed by atoms with Gasteiger partial charge in [-0.15, -0.1) is 11.3 Å². The first kappa shape index (κ1) is 18.4. The van der Waals surface area contributed by atoms with Crippen molar-refractivity contribution in [2.75, 3.05) is 19.5 Å². The lowest BCUT2D eigenvalue weighted by atomic mass is 9.95. The van der Waals surface area contributed by atoms with Crippen molar-refractivity contribution in [1.82, 2.24) is 4.98 Å². The third kappa shape index (κ3) is 3.33. The van der Waals surface area contributed by atoms with Gasteiger partial charge in [0.15, 0.2) is 16.6 Å². The number of methoxy groups -OCH3 is 2. The molecule has 3 aromatic rings. The monoisotopic (exact) mass is 398 g/mol. The van der Waals surface area contributed by atoms with E-state index in [1.54, 1.807) is 26.4 Å². The number of halogens is 1. The molecule has 7 heteroatoms. The van der Waals surface area contributed by atoms with E-state index in [4.69, 9.17) is 9.47 Å². The van der Waals surface area contributed by atoms with Crippen LogP contribution in [0.25, 0.3) is 11.3 Å². The predicted octanol–water partition coefficient (Wildman–Crippen LogP) is 4.64. The molecule has 0 unspecified atom stereocenters. The van der Waals surface area contributed by atoms with E-state index in [2.05, 4.69) is 10.3 Å². The first-order valence-electron chi connectivity index (χ1n) is 8.81. The van der Waals surface area contributed by atoms with Crippen LogP contribution in [0.2, 0.25) is 0 Å². The molecule has 1 heterocycles. The van der Waals surface area contributed by atoms with Gasteiger partial charge in [-0.3, -0.25) is 4.79 Å². The Morgan fingerprint density at radius 2 is 1.82 bits per heavy atom. The van der Waals surface area contributed by atoms with Gasteiger partial charge in [0, 0.05) is 10.9 Å². The highest BCUT2D eigenvalue weighted by molar-refractivity contribution is 7.14. The maximum atomic E-state index is 13.2. The minimum Gasteiger partial charge on any atom is -0.493 e. The largest absolute Gasteiger partial charge is 0.493 e. The van der Waals surface area contributed by atoms with Crippen LogP contribution in [-0.2, 0) is 10.2 Å². The number of ether oxygens (including phenoxy) is 2. The normalized spacial score (nSPS) is 14.4. The Morgan fingerprint density at radius 3 is 2.46 bits per heavy atom. The van der Waals surface area contributed by atoms with E-state index in [1.165, 1.54) is 23.5 Å². The van der Waals surface area contributed by atoms with Crippen LogP contribution in [0, 0.1) is 5.82 Å². The van der Waals surface area contributed by atoms with Gasteiger partial charge >= 0.3 is 0 Å². The third-order valence-electron chi connectivity index (χ3n) is 4.99. The Balaban J connectivity index is 1.52. The van der Waals surface area contributed by atoms with Crippen molar-refractivity contribution in [2.24, 2.45) is 0 Å². The lowest BCUT2D eigenvalue weighted by Crippen LogP contribution is -2.27. The SMILES string of the molecule is COc1ccc(-c2csc(NC(=O)C3(c4ccc(F)cc4)CC3)n2)cc1OC. The maximum Gasteiger partial charge on any atom is 0.236 e. The zero-order valence-corrected chi connectivity index (χ0v) is 16.3. The summed E-state index contributed by atoms with van der Waals surface area (Å²) in [7, 11) is 3.17. The smallest absolute Gasteiger partial charge is 0.236 e. The summed E-state index contributed by atoms with van der Waals surface area (Å²) in [6, 6.07) is 11.7. The molecule has 4 rings (SSSR count). The van der Waals surface area contributed by atoms with Crippen LogP contribution in [0.5, 0.6) is 11.5 Å². The summed E-state index contributed by atoms with van der Waals surface area (Å²) < 4.78 is 23.8. The maximum absolute atomic E-state index is 13.2. The second-order valence-electron chi connectivity index (χ2n) is 6.65. The fourth-order valence-corrected chi connectivity index (χ4v) is 3.93. The molecule has 0 aliphatic heterocycles. The Morgan fingerprint density at radius 1 is 1.11 bits per heavy atom. The van der Waals surface area contributed by atoms with Crippen molar-refractivity contribution >= 4 is 22.4 Å². The summed E-state index contributed by atoms with van der Waals surface area (Å²) >= 11 is 1.36. The minimum absolute atomic E-state index is 0.104. The molecule has 1 N–H and O–H groups in total. The molecule has 1 saturated carbocycles. The van der Waals surface area contributed by atoms with Crippen molar-refractivity contribution in [3.8, 4) is 22.8 Å². The molecule has 0 bridgehead atoms. The third-order valence-corrected chi connectivity index (χ3v) is 5.74. The van der Waals surface area contributed by atoms with Crippen LogP contribution in [0.4, 0.5) is 9.52 Å². The lowest BCUT2D eigenvalue weighted by Gasteiger charge is -2.14. The molecule has 0 radical (unpaired) electrons. The van der Waals surface area contributed by atoms with Gasteiger partial charge in [0.05, 0.1) is 25.3 Å². The topological polar surface area (TPSA) is 60.5 Å². The van der Waals surface area contributed by atoms with Gasteiger partial charge in [0.2, 0.25) is 5.91 Å². The standard InChI is InChI=1S/C21H19FN2O3S/c1-26-17-8-3-13(11-18(17)27-2)16-12-28-20(23-16)24-19(25)21(9-10-21)14-4-6-15(22)7-5-14/h3-8,11-12H,9-10H2,1-2H3,(H,23,24,25). The van der Waals surface area contributed by atoms with Crippen LogP contribution in [0.15, 0.2) is 47.8 Å². The van der Waals surface area contributed by atoms with Gasteiger partial charge < -0.3 is 14.8 Å². The number of thiazole rings is 1. The molecule has 2 aromatic carbocycles. The van der Waals surface area contributed by atoms with Crippen molar-refractivity contribution in [1.29, 1.82) is 0 Å². The molecule has 1 aromatic heterocycles. The molecule has 1 amide bonds. The van der Waals surface area contributed by atoms with E-state index in [9.17, 15) is 9.18 Å². The van der Waals surface area contributed by atoms with Crippen molar-refractivity contribution in [3.63, 3.8) is 0 Å². The van der Waals surface area contributed by atoms with E-state index < -0.39 is 5.41 Å². The lowest BCUT2D eigenvalue weighted by molar-refractivity contribution is -0.118. The number of nitrogens with zero attached hydrogens (tertiary/aromatic N) is 1. The number of hydrogen-bond donors (Lipinski definition) is 1. The molecular weight excluding hydrogens is 379 g/mol. The predicted molar refractivity (Wildman–Crippen MR) is 107 cm³/mol. The number of amides is 1. The number of hydrogen-bond acceptors (Lipinski definition) is 5. The number of nitrogens with one attached hydrogen (secondary N) is 1. The molecule has 144 valence electrons. The number of carbonyl (C=O) groups excluding carboxylic acids is 1. The molecule has 28 heavy (non-hydrogen) atoms. The quantitative estimate of drug-likeness (QED) is 0.657. The summed E-state index contributed by atoms with van der Waals surface area (Å²) in [5.41, 5.74) is 1.87. The molecule has 0 atom stereocenters. The molecule has 5 nitrogen and oxygen atoms in total. The average Bonchev–Trinajstić information content (AvgIpc) is 3.41. The fraction of sp³-hybridized carbons (Fsp3) is 0.238. The number of anilines is 1. The Kier molecular flexibility index (Phi) is 4.77. The molecule has 1 aliphatic carbocycles. The van der Waals surface area contributed by atoms with E-state index in [1.807, 2.05) is 23.6 Å². The zero-order valence-electron chi connectivity index (χ0n) is 15.5. The summed E-state index contributed by atoms with van der Waals surface area (Å²) in [6.45, 7) is 0. The second kappa shape index (κ2) is 7.24. The van der Waals surface area contributed by atoms with E-state index in [0.717, 1.165) is 29.7 Å². The van der Waals surface area contributed by atoms with Gasteiger partial charge in [0.1, 0.15) is 5.82 Å². The summed E-state index contributed by atoms with van der Waals surface area (Å²) in [4.78, 5) is 17.4. The number of aromatic nitrogens is 1. The van der Waals surface area contributed by atoms with Crippen molar-refractivity contribution in [3.05, 3.63) is 59.2 Å². The molecule has 1 aliphatic rings. The van der Waals surface area contributed by atoms with Gasteiger partial charge in [-0.25, -0.2) is 9.37 Å². The Bertz CT molecular complexity index is 1010. The van der Waals surface area contributed by atoms with E-state index in [-0.39, 0.29) is 11.7 Å². The van der Waals surface area contributed by atoms with Crippen LogP contribution in [0.1, 0.15) is 18.4 Å². The van der Waals surface area contributed by atoms with Crippen LogP contribution < -0.4 is 14.8 Å². The average molecular weight is 398 g/mol. The first-order chi connectivity index (χ1) is 13.6. The number of rotatable bonds is 6. The molecule has 1 fully saturated rings. The van der Waals surface area contributed by atoms with Crippen molar-refractivity contribution in [2.45, 2.75) is 18.3 Å². The first-order valence-corrected chi connectivity index (χ1v) is 9.69. The highest BCUT2D eigenvalue weighted by atomic mass is 32.1. The van der Waals surface area contributed by atoms with E-state index in [0.29, 0.717) is 16.6 Å². The molecular formula is C21H19FN2O3S. The van der Waals surface area contributed by atoms with Crippen LogP contribution in [0.3, 0.4) is 0 Å². The number of carbonyl (C=O) groups is 1. The van der Waals surface area contributed by atoms with Crippen molar-refractivity contribution < 1.29 is 18.7 Å². The fourth-order valence-electron chi connectivity index (χ4n) is 3.22. The minimum atomic E-state index is -0.580.